The Morgan fingerprint density at radius 3 is 2.85 bits per heavy atom. The smallest absolute Gasteiger partial charge is 0.328 e. The van der Waals surface area contributed by atoms with Gasteiger partial charge in [-0.1, -0.05) is 0 Å². The molecule has 1 N–H and O–H groups in total. The van der Waals surface area contributed by atoms with Crippen molar-refractivity contribution < 1.29 is 14.5 Å². The molecule has 0 spiro atoms. The number of non-ortho nitro benzene ring substituents is 1. The summed E-state index contributed by atoms with van der Waals surface area (Å²) >= 11 is 0. The number of hydrogen-bond donors (Lipinski definition) is 1. The summed E-state index contributed by atoms with van der Waals surface area (Å²) in [5.41, 5.74) is 0.478. The van der Waals surface area contributed by atoms with E-state index in [1.54, 1.807) is 6.92 Å². The zero-order valence-corrected chi connectivity index (χ0v) is 10.9. The average Bonchev–Trinajstić information content (AvgIpc) is 2.46. The van der Waals surface area contributed by atoms with Gasteiger partial charge < -0.3 is 10.1 Å². The predicted molar refractivity (Wildman–Crippen MR) is 71.3 cm³/mol. The molecule has 0 fully saturated rings. The molecule has 1 aromatic heterocycles. The summed E-state index contributed by atoms with van der Waals surface area (Å²) in [7, 11) is 1.28. The van der Waals surface area contributed by atoms with E-state index in [4.69, 9.17) is 0 Å². The first-order chi connectivity index (χ1) is 9.52. The van der Waals surface area contributed by atoms with E-state index in [0.29, 0.717) is 16.7 Å². The minimum atomic E-state index is -0.627. The van der Waals surface area contributed by atoms with Crippen molar-refractivity contribution in [3.63, 3.8) is 0 Å². The molecule has 0 aliphatic heterocycles. The molecule has 1 unspecified atom stereocenters. The van der Waals surface area contributed by atoms with Gasteiger partial charge >= 0.3 is 5.97 Å². The monoisotopic (exact) mass is 276 g/mol. The highest BCUT2D eigenvalue weighted by Crippen LogP contribution is 2.24. The van der Waals surface area contributed by atoms with Crippen LogP contribution in [0.3, 0.4) is 0 Å². The number of rotatable bonds is 4. The first kappa shape index (κ1) is 13.7. The lowest BCUT2D eigenvalue weighted by molar-refractivity contribution is -0.384. The highest BCUT2D eigenvalue weighted by molar-refractivity contribution is 5.92. The van der Waals surface area contributed by atoms with Crippen LogP contribution in [0.5, 0.6) is 0 Å². The van der Waals surface area contributed by atoms with Crippen LogP contribution in [0.2, 0.25) is 0 Å². The van der Waals surface area contributed by atoms with Crippen LogP contribution in [-0.2, 0) is 9.53 Å². The Morgan fingerprint density at radius 2 is 2.20 bits per heavy atom. The Kier molecular flexibility index (Phi) is 3.74. The minimum absolute atomic E-state index is 0.0685. The van der Waals surface area contributed by atoms with Gasteiger partial charge in [0.25, 0.3) is 5.69 Å². The molecule has 0 aliphatic carbocycles. The highest BCUT2D eigenvalue weighted by Gasteiger charge is 2.16. The summed E-state index contributed by atoms with van der Waals surface area (Å²) in [6.07, 6.45) is 1.32. The molecule has 1 atom stereocenters. The normalized spacial score (nSPS) is 11.9. The van der Waals surface area contributed by atoms with Gasteiger partial charge in [0.15, 0.2) is 0 Å². The predicted octanol–water partition coefficient (Wildman–Crippen LogP) is 1.51. The third kappa shape index (κ3) is 2.63. The van der Waals surface area contributed by atoms with Gasteiger partial charge in [-0.05, 0) is 13.0 Å². The van der Waals surface area contributed by atoms with E-state index >= 15 is 0 Å². The van der Waals surface area contributed by atoms with Gasteiger partial charge in [0.1, 0.15) is 18.2 Å². The molecule has 8 heteroatoms. The molecule has 0 amide bonds. The fraction of sp³-hybridized carbons (Fsp3) is 0.250. The minimum Gasteiger partial charge on any atom is -0.467 e. The number of anilines is 1. The largest absolute Gasteiger partial charge is 0.467 e. The summed E-state index contributed by atoms with van der Waals surface area (Å²) in [6.45, 7) is 1.61. The summed E-state index contributed by atoms with van der Waals surface area (Å²) in [5, 5.41) is 14.1. The Bertz CT molecular complexity index is 674. The lowest BCUT2D eigenvalue weighted by Gasteiger charge is -2.13. The lowest BCUT2D eigenvalue weighted by Crippen LogP contribution is -2.27. The number of nitrogens with zero attached hydrogens (tertiary/aromatic N) is 3. The lowest BCUT2D eigenvalue weighted by atomic mass is 10.2. The second-order valence-electron chi connectivity index (χ2n) is 4.07. The van der Waals surface area contributed by atoms with Crippen molar-refractivity contribution in [3.05, 3.63) is 34.6 Å². The van der Waals surface area contributed by atoms with Gasteiger partial charge in [-0.3, -0.25) is 10.1 Å². The highest BCUT2D eigenvalue weighted by atomic mass is 16.6. The zero-order valence-electron chi connectivity index (χ0n) is 10.9. The molecule has 0 saturated heterocycles. The van der Waals surface area contributed by atoms with Crippen LogP contribution in [0.1, 0.15) is 6.92 Å². The van der Waals surface area contributed by atoms with Crippen molar-refractivity contribution in [1.82, 2.24) is 9.97 Å². The van der Waals surface area contributed by atoms with Crippen molar-refractivity contribution in [3.8, 4) is 0 Å². The van der Waals surface area contributed by atoms with Gasteiger partial charge in [0, 0.05) is 17.5 Å². The van der Waals surface area contributed by atoms with Crippen LogP contribution < -0.4 is 5.32 Å². The number of hydrogen-bond acceptors (Lipinski definition) is 7. The third-order valence-corrected chi connectivity index (χ3v) is 2.74. The van der Waals surface area contributed by atoms with Gasteiger partial charge in [-0.2, -0.15) is 0 Å². The summed E-state index contributed by atoms with van der Waals surface area (Å²) < 4.78 is 4.61. The van der Waals surface area contributed by atoms with Crippen molar-refractivity contribution in [2.45, 2.75) is 13.0 Å². The van der Waals surface area contributed by atoms with Crippen molar-refractivity contribution in [2.24, 2.45) is 0 Å². The molecule has 1 aromatic carbocycles. The maximum Gasteiger partial charge on any atom is 0.328 e. The topological polar surface area (TPSA) is 107 Å². The zero-order chi connectivity index (χ0) is 14.7. The number of carbonyl (C=O) groups excluding carboxylic acids is 1. The van der Waals surface area contributed by atoms with Crippen LogP contribution in [-0.4, -0.2) is 34.0 Å². The average molecular weight is 276 g/mol. The number of nitro groups is 1. The number of benzene rings is 1. The first-order valence-corrected chi connectivity index (χ1v) is 5.76. The molecular weight excluding hydrogens is 264 g/mol. The van der Waals surface area contributed by atoms with Gasteiger partial charge in [0.2, 0.25) is 0 Å². The van der Waals surface area contributed by atoms with E-state index in [0.717, 1.165) is 0 Å². The fourth-order valence-corrected chi connectivity index (χ4v) is 1.71. The van der Waals surface area contributed by atoms with Gasteiger partial charge in [-0.25, -0.2) is 14.8 Å². The van der Waals surface area contributed by atoms with Crippen molar-refractivity contribution in [2.75, 3.05) is 12.4 Å². The molecular formula is C12H12N4O4. The maximum atomic E-state index is 11.4. The van der Waals surface area contributed by atoms with Crippen molar-refractivity contribution >= 4 is 28.4 Å². The molecule has 1 heterocycles. The van der Waals surface area contributed by atoms with Crippen LogP contribution in [0.15, 0.2) is 24.5 Å². The number of carbonyl (C=O) groups is 1. The van der Waals surface area contributed by atoms with E-state index in [-0.39, 0.29) is 5.69 Å². The quantitative estimate of drug-likeness (QED) is 0.512. The van der Waals surface area contributed by atoms with E-state index in [1.807, 2.05) is 0 Å². The Balaban J connectivity index is 2.44. The van der Waals surface area contributed by atoms with Crippen LogP contribution in [0.25, 0.3) is 10.9 Å². The van der Waals surface area contributed by atoms with Crippen LogP contribution in [0, 0.1) is 10.1 Å². The van der Waals surface area contributed by atoms with Gasteiger partial charge in [0.05, 0.1) is 17.5 Å². The number of methoxy groups -OCH3 is 1. The second kappa shape index (κ2) is 5.47. The van der Waals surface area contributed by atoms with E-state index < -0.39 is 16.9 Å². The number of nitrogens with one attached hydrogen (secondary N) is 1. The number of fused-ring (bicyclic) bond motifs is 1. The van der Waals surface area contributed by atoms with E-state index in [2.05, 4.69) is 20.0 Å². The summed E-state index contributed by atoms with van der Waals surface area (Å²) in [4.78, 5) is 29.7. The Hall–Kier alpha value is -2.77. The molecule has 2 rings (SSSR count). The number of esters is 1. The van der Waals surface area contributed by atoms with Crippen LogP contribution in [0.4, 0.5) is 11.5 Å². The van der Waals surface area contributed by atoms with Crippen LogP contribution >= 0.6 is 0 Å². The second-order valence-corrected chi connectivity index (χ2v) is 4.07. The summed E-state index contributed by atoms with van der Waals surface area (Å²) in [5.74, 6) is -0.112. The molecule has 104 valence electrons. The molecule has 0 bridgehead atoms. The molecule has 8 nitrogen and oxygen atoms in total. The Morgan fingerprint density at radius 1 is 1.45 bits per heavy atom. The molecule has 20 heavy (non-hydrogen) atoms. The number of ether oxygens (including phenoxy) is 1. The Labute approximate surface area is 113 Å². The molecule has 0 radical (unpaired) electrons. The van der Waals surface area contributed by atoms with E-state index in [1.165, 1.54) is 31.6 Å². The molecule has 0 aliphatic rings. The number of aromatic nitrogens is 2. The van der Waals surface area contributed by atoms with Crippen molar-refractivity contribution in [1.29, 1.82) is 0 Å². The standard InChI is InChI=1S/C12H12N4O4/c1-7(12(17)20-2)15-11-9-5-8(16(18)19)3-4-10(9)13-6-14-11/h3-7H,1-2H3,(H,13,14,15). The molecule has 2 aromatic rings. The molecule has 0 saturated carbocycles. The number of nitro benzene ring substituents is 1. The van der Waals surface area contributed by atoms with E-state index in [9.17, 15) is 14.9 Å². The van der Waals surface area contributed by atoms with Gasteiger partial charge in [-0.15, -0.1) is 0 Å². The third-order valence-electron chi connectivity index (χ3n) is 2.74. The maximum absolute atomic E-state index is 11.4. The summed E-state index contributed by atoms with van der Waals surface area (Å²) in [6, 6.07) is 3.63. The fourth-order valence-electron chi connectivity index (χ4n) is 1.71. The SMILES string of the molecule is COC(=O)C(C)Nc1ncnc2ccc([N+](=O)[O-])cc12. The first-order valence-electron chi connectivity index (χ1n) is 5.76.